The van der Waals surface area contributed by atoms with Crippen molar-refractivity contribution >= 4 is 11.6 Å². The van der Waals surface area contributed by atoms with Gasteiger partial charge in [0.25, 0.3) is 0 Å². The molecule has 1 aromatic carbocycles. The monoisotopic (exact) mass is 293 g/mol. The molecule has 1 aliphatic heterocycles. The van der Waals surface area contributed by atoms with Crippen molar-refractivity contribution in [3.63, 3.8) is 0 Å². The van der Waals surface area contributed by atoms with Gasteiger partial charge in [-0.3, -0.25) is 0 Å². The lowest BCUT2D eigenvalue weighted by Crippen LogP contribution is -2.39. The van der Waals surface area contributed by atoms with Crippen molar-refractivity contribution in [1.82, 2.24) is 4.90 Å². The summed E-state index contributed by atoms with van der Waals surface area (Å²) in [7, 11) is 2.30. The van der Waals surface area contributed by atoms with Crippen LogP contribution in [0, 0.1) is 5.92 Å². The highest BCUT2D eigenvalue weighted by Gasteiger charge is 2.35. The van der Waals surface area contributed by atoms with E-state index in [1.807, 2.05) is 0 Å². The molecule has 0 spiro atoms. The second kappa shape index (κ2) is 6.49. The van der Waals surface area contributed by atoms with Crippen molar-refractivity contribution in [2.24, 2.45) is 5.92 Å². The van der Waals surface area contributed by atoms with Crippen LogP contribution in [0.25, 0.3) is 0 Å². The SMILES string of the molecule is C.CCC1CCC2C(C1)c1ccc(Cl)cc1CCN2C. The summed E-state index contributed by atoms with van der Waals surface area (Å²) in [5.74, 6) is 1.63. The molecule has 112 valence electrons. The van der Waals surface area contributed by atoms with E-state index in [0.717, 1.165) is 29.3 Å². The predicted octanol–water partition coefficient (Wildman–Crippen LogP) is 5.13. The van der Waals surface area contributed by atoms with Crippen molar-refractivity contribution in [2.75, 3.05) is 13.6 Å². The van der Waals surface area contributed by atoms with Crippen molar-refractivity contribution in [1.29, 1.82) is 0 Å². The van der Waals surface area contributed by atoms with Crippen molar-refractivity contribution < 1.29 is 0 Å². The summed E-state index contributed by atoms with van der Waals surface area (Å²) in [5.41, 5.74) is 3.07. The van der Waals surface area contributed by atoms with Crippen molar-refractivity contribution in [3.8, 4) is 0 Å². The van der Waals surface area contributed by atoms with Gasteiger partial charge < -0.3 is 4.90 Å². The molecule has 3 rings (SSSR count). The Kier molecular flexibility index (Phi) is 5.14. The quantitative estimate of drug-likeness (QED) is 0.694. The lowest BCUT2D eigenvalue weighted by Gasteiger charge is -2.40. The van der Waals surface area contributed by atoms with Crippen LogP contribution in [-0.4, -0.2) is 24.5 Å². The molecule has 20 heavy (non-hydrogen) atoms. The van der Waals surface area contributed by atoms with E-state index in [-0.39, 0.29) is 7.43 Å². The zero-order valence-corrected chi connectivity index (χ0v) is 12.8. The molecule has 0 amide bonds. The normalized spacial score (nSPS) is 29.9. The van der Waals surface area contributed by atoms with Crippen LogP contribution in [0.3, 0.4) is 0 Å². The number of fused-ring (bicyclic) bond motifs is 3. The first kappa shape index (κ1) is 15.9. The third-order valence-electron chi connectivity index (χ3n) is 5.30. The Morgan fingerprint density at radius 2 is 2.10 bits per heavy atom. The number of nitrogens with zero attached hydrogens (tertiary/aromatic N) is 1. The molecule has 3 atom stereocenters. The first-order chi connectivity index (χ1) is 9.19. The third-order valence-corrected chi connectivity index (χ3v) is 5.54. The molecule has 1 nitrogen and oxygen atoms in total. The molecule has 0 saturated heterocycles. The van der Waals surface area contributed by atoms with Gasteiger partial charge in [-0.25, -0.2) is 0 Å². The van der Waals surface area contributed by atoms with E-state index < -0.39 is 0 Å². The maximum atomic E-state index is 6.18. The Morgan fingerprint density at radius 3 is 2.85 bits per heavy atom. The summed E-state index contributed by atoms with van der Waals surface area (Å²) in [4.78, 5) is 2.59. The van der Waals surface area contributed by atoms with Crippen LogP contribution in [0.2, 0.25) is 5.02 Å². The fourth-order valence-electron chi connectivity index (χ4n) is 4.09. The predicted molar refractivity (Wildman–Crippen MR) is 88.7 cm³/mol. The number of hydrogen-bond acceptors (Lipinski definition) is 1. The number of halogens is 1. The van der Waals surface area contributed by atoms with Gasteiger partial charge in [0.05, 0.1) is 0 Å². The minimum Gasteiger partial charge on any atom is -0.302 e. The molecule has 1 aromatic rings. The van der Waals surface area contributed by atoms with Gasteiger partial charge in [-0.15, -0.1) is 0 Å². The van der Waals surface area contributed by atoms with Crippen LogP contribution >= 0.6 is 11.6 Å². The number of likely N-dealkylation sites (N-methyl/N-ethyl adjacent to an activating group) is 1. The van der Waals surface area contributed by atoms with Crippen LogP contribution in [0.15, 0.2) is 18.2 Å². The molecule has 0 radical (unpaired) electrons. The maximum Gasteiger partial charge on any atom is 0.0408 e. The summed E-state index contributed by atoms with van der Waals surface area (Å²) in [5, 5.41) is 0.891. The van der Waals surface area contributed by atoms with E-state index in [4.69, 9.17) is 11.6 Å². The Hall–Kier alpha value is -0.530. The minimum absolute atomic E-state index is 0. The Morgan fingerprint density at radius 1 is 1.30 bits per heavy atom. The van der Waals surface area contributed by atoms with Crippen LogP contribution in [0.1, 0.15) is 57.1 Å². The second-order valence-electron chi connectivity index (χ2n) is 6.33. The summed E-state index contributed by atoms with van der Waals surface area (Å²) < 4.78 is 0. The van der Waals surface area contributed by atoms with Gasteiger partial charge >= 0.3 is 0 Å². The lowest BCUT2D eigenvalue weighted by atomic mass is 9.73. The van der Waals surface area contributed by atoms with E-state index in [9.17, 15) is 0 Å². The first-order valence-corrected chi connectivity index (χ1v) is 8.05. The van der Waals surface area contributed by atoms with Gasteiger partial charge in [-0.2, -0.15) is 0 Å². The number of benzene rings is 1. The summed E-state index contributed by atoms with van der Waals surface area (Å²) >= 11 is 6.18. The van der Waals surface area contributed by atoms with Gasteiger partial charge in [-0.05, 0) is 67.8 Å². The Bertz CT molecular complexity index is 457. The molecule has 0 N–H and O–H groups in total. The van der Waals surface area contributed by atoms with E-state index >= 15 is 0 Å². The highest BCUT2D eigenvalue weighted by Crippen LogP contribution is 2.43. The van der Waals surface area contributed by atoms with Gasteiger partial charge in [0.1, 0.15) is 0 Å². The molecule has 3 unspecified atom stereocenters. The van der Waals surface area contributed by atoms with Crippen molar-refractivity contribution in [3.05, 3.63) is 34.3 Å². The van der Waals surface area contributed by atoms with E-state index in [1.165, 1.54) is 37.8 Å². The average molecular weight is 294 g/mol. The van der Waals surface area contributed by atoms with Crippen LogP contribution < -0.4 is 0 Å². The molecular weight excluding hydrogens is 266 g/mol. The van der Waals surface area contributed by atoms with Gasteiger partial charge in [0.2, 0.25) is 0 Å². The minimum atomic E-state index is 0. The van der Waals surface area contributed by atoms with E-state index in [2.05, 4.69) is 37.1 Å². The third kappa shape index (κ3) is 2.89. The van der Waals surface area contributed by atoms with Crippen LogP contribution in [-0.2, 0) is 6.42 Å². The van der Waals surface area contributed by atoms with Crippen LogP contribution in [0.4, 0.5) is 0 Å². The Labute approximate surface area is 129 Å². The van der Waals surface area contributed by atoms with Crippen molar-refractivity contribution in [2.45, 2.75) is 58.4 Å². The number of rotatable bonds is 1. The Balaban J connectivity index is 0.00000147. The van der Waals surface area contributed by atoms with E-state index in [0.29, 0.717) is 0 Å². The first-order valence-electron chi connectivity index (χ1n) is 7.67. The molecule has 0 bridgehead atoms. The standard InChI is InChI=1S/C17H24ClN.CH4/c1-3-12-4-7-17-16(10-12)15-6-5-14(18)11-13(15)8-9-19(17)2;/h5-6,11-12,16-17H,3-4,7-10H2,1-2H3;1H4. The highest BCUT2D eigenvalue weighted by molar-refractivity contribution is 6.30. The highest BCUT2D eigenvalue weighted by atomic mass is 35.5. The average Bonchev–Trinajstić information content (AvgIpc) is 2.56. The summed E-state index contributed by atoms with van der Waals surface area (Å²) in [6.45, 7) is 3.51. The van der Waals surface area contributed by atoms with Gasteiger partial charge in [0.15, 0.2) is 0 Å². The molecule has 2 aliphatic rings. The summed E-state index contributed by atoms with van der Waals surface area (Å²) in [6, 6.07) is 7.32. The smallest absolute Gasteiger partial charge is 0.0408 e. The molecule has 2 heteroatoms. The largest absolute Gasteiger partial charge is 0.302 e. The van der Waals surface area contributed by atoms with E-state index in [1.54, 1.807) is 5.56 Å². The summed E-state index contributed by atoms with van der Waals surface area (Å²) in [6.07, 6.45) is 6.61. The van der Waals surface area contributed by atoms with Crippen LogP contribution in [0.5, 0.6) is 0 Å². The molecule has 1 saturated carbocycles. The number of hydrogen-bond donors (Lipinski definition) is 0. The fraction of sp³-hybridized carbons (Fsp3) is 0.667. The zero-order valence-electron chi connectivity index (χ0n) is 12.0. The fourth-order valence-corrected chi connectivity index (χ4v) is 4.28. The topological polar surface area (TPSA) is 3.24 Å². The second-order valence-corrected chi connectivity index (χ2v) is 6.77. The van der Waals surface area contributed by atoms with Gasteiger partial charge in [-0.1, -0.05) is 38.4 Å². The maximum absolute atomic E-state index is 6.18. The molecule has 0 aromatic heterocycles. The van der Waals surface area contributed by atoms with Gasteiger partial charge in [0, 0.05) is 17.6 Å². The molecular formula is C18H28ClN. The zero-order chi connectivity index (χ0) is 13.4. The molecule has 1 fully saturated rings. The lowest BCUT2D eigenvalue weighted by molar-refractivity contribution is 0.146. The molecule has 1 heterocycles. The molecule has 1 aliphatic carbocycles.